The molecule has 0 unspecified atom stereocenters. The van der Waals surface area contributed by atoms with Crippen LogP contribution in [-0.4, -0.2) is 4.98 Å². The van der Waals surface area contributed by atoms with E-state index in [0.29, 0.717) is 0 Å². The lowest BCUT2D eigenvalue weighted by atomic mass is 10.1. The normalized spacial score (nSPS) is 10.9. The molecule has 18 heavy (non-hydrogen) atoms. The quantitative estimate of drug-likeness (QED) is 0.699. The lowest BCUT2D eigenvalue weighted by Gasteiger charge is -1.98. The molecule has 0 aliphatic rings. The van der Waals surface area contributed by atoms with E-state index < -0.39 is 0 Å². The highest BCUT2D eigenvalue weighted by atomic mass is 32.1. The fourth-order valence-corrected chi connectivity index (χ4v) is 2.97. The van der Waals surface area contributed by atoms with Gasteiger partial charge in [-0.15, -0.1) is 11.3 Å². The summed E-state index contributed by atoms with van der Waals surface area (Å²) in [6, 6.07) is 14.5. The second kappa shape index (κ2) is 4.42. The maximum Gasteiger partial charge on any atom is 0.124 e. The highest BCUT2D eigenvalue weighted by Gasteiger charge is 2.07. The van der Waals surface area contributed by atoms with E-state index in [2.05, 4.69) is 36.2 Å². The van der Waals surface area contributed by atoms with Gasteiger partial charge in [-0.05, 0) is 24.1 Å². The summed E-state index contributed by atoms with van der Waals surface area (Å²) < 4.78 is 1.08. The number of hydrogen-bond donors (Lipinski definition) is 1. The van der Waals surface area contributed by atoms with E-state index in [0.717, 1.165) is 32.9 Å². The van der Waals surface area contributed by atoms with Gasteiger partial charge in [0.2, 0.25) is 0 Å². The SMILES string of the molecule is CCc1ccc(-c2nc3cccc(N)c3s2)cc1. The standard InChI is InChI=1S/C15H14N2S/c1-2-10-6-8-11(9-7-10)15-17-13-5-3-4-12(16)14(13)18-15/h3-9H,2,16H2,1H3. The molecule has 1 heterocycles. The molecule has 0 atom stereocenters. The maximum atomic E-state index is 5.96. The van der Waals surface area contributed by atoms with Gasteiger partial charge in [-0.25, -0.2) is 4.98 Å². The molecule has 0 aliphatic carbocycles. The number of anilines is 1. The predicted molar refractivity (Wildman–Crippen MR) is 78.8 cm³/mol. The molecule has 2 nitrogen and oxygen atoms in total. The number of thiazole rings is 1. The first-order chi connectivity index (χ1) is 8.78. The molecule has 2 aromatic carbocycles. The molecule has 3 rings (SSSR count). The van der Waals surface area contributed by atoms with Gasteiger partial charge in [0.15, 0.2) is 0 Å². The van der Waals surface area contributed by atoms with Crippen molar-refractivity contribution in [2.45, 2.75) is 13.3 Å². The number of rotatable bonds is 2. The monoisotopic (exact) mass is 254 g/mol. The van der Waals surface area contributed by atoms with Crippen LogP contribution in [-0.2, 0) is 6.42 Å². The summed E-state index contributed by atoms with van der Waals surface area (Å²) in [5.41, 5.74) is 10.3. The van der Waals surface area contributed by atoms with Gasteiger partial charge in [0.25, 0.3) is 0 Å². The van der Waals surface area contributed by atoms with Crippen molar-refractivity contribution in [1.29, 1.82) is 0 Å². The smallest absolute Gasteiger partial charge is 0.124 e. The summed E-state index contributed by atoms with van der Waals surface area (Å²) in [6.07, 6.45) is 1.06. The zero-order valence-electron chi connectivity index (χ0n) is 10.2. The molecular formula is C15H14N2S. The largest absolute Gasteiger partial charge is 0.398 e. The fraction of sp³-hybridized carbons (Fsp3) is 0.133. The Hall–Kier alpha value is -1.87. The van der Waals surface area contributed by atoms with Crippen molar-refractivity contribution >= 4 is 27.2 Å². The average Bonchev–Trinajstić information content (AvgIpc) is 2.84. The molecule has 3 aromatic rings. The third-order valence-corrected chi connectivity index (χ3v) is 4.22. The topological polar surface area (TPSA) is 38.9 Å². The molecule has 0 bridgehead atoms. The molecule has 3 heteroatoms. The Bertz CT molecular complexity index is 683. The first-order valence-electron chi connectivity index (χ1n) is 6.02. The fourth-order valence-electron chi connectivity index (χ4n) is 1.98. The van der Waals surface area contributed by atoms with Crippen molar-refractivity contribution in [2.24, 2.45) is 0 Å². The van der Waals surface area contributed by atoms with Crippen LogP contribution in [0.25, 0.3) is 20.8 Å². The van der Waals surface area contributed by atoms with Crippen LogP contribution in [0.5, 0.6) is 0 Å². The molecule has 0 spiro atoms. The molecule has 0 fully saturated rings. The van der Waals surface area contributed by atoms with Gasteiger partial charge >= 0.3 is 0 Å². The minimum absolute atomic E-state index is 0.807. The Kier molecular flexibility index (Phi) is 2.76. The van der Waals surface area contributed by atoms with E-state index >= 15 is 0 Å². The van der Waals surface area contributed by atoms with Gasteiger partial charge in [0.05, 0.1) is 15.9 Å². The van der Waals surface area contributed by atoms with Crippen molar-refractivity contribution in [3.63, 3.8) is 0 Å². The first kappa shape index (κ1) is 11.2. The number of nitrogen functional groups attached to an aromatic ring is 1. The Morgan fingerprint density at radius 2 is 1.89 bits per heavy atom. The van der Waals surface area contributed by atoms with Crippen LogP contribution in [0, 0.1) is 0 Å². The van der Waals surface area contributed by atoms with E-state index in [-0.39, 0.29) is 0 Å². The molecular weight excluding hydrogens is 240 g/mol. The summed E-state index contributed by atoms with van der Waals surface area (Å²) in [6.45, 7) is 2.16. The third kappa shape index (κ3) is 1.87. The molecule has 0 amide bonds. The molecule has 90 valence electrons. The van der Waals surface area contributed by atoms with Crippen LogP contribution >= 0.6 is 11.3 Å². The van der Waals surface area contributed by atoms with Gasteiger partial charge in [0, 0.05) is 5.56 Å². The van der Waals surface area contributed by atoms with Crippen molar-refractivity contribution in [3.05, 3.63) is 48.0 Å². The van der Waals surface area contributed by atoms with Crippen molar-refractivity contribution in [2.75, 3.05) is 5.73 Å². The van der Waals surface area contributed by atoms with Crippen LogP contribution in [0.15, 0.2) is 42.5 Å². The van der Waals surface area contributed by atoms with Gasteiger partial charge in [-0.1, -0.05) is 37.3 Å². The number of fused-ring (bicyclic) bond motifs is 1. The zero-order valence-corrected chi connectivity index (χ0v) is 11.0. The van der Waals surface area contributed by atoms with E-state index in [9.17, 15) is 0 Å². The molecule has 0 radical (unpaired) electrons. The van der Waals surface area contributed by atoms with E-state index in [1.54, 1.807) is 11.3 Å². The van der Waals surface area contributed by atoms with Gasteiger partial charge in [-0.2, -0.15) is 0 Å². The second-order valence-electron chi connectivity index (χ2n) is 4.26. The minimum Gasteiger partial charge on any atom is -0.398 e. The minimum atomic E-state index is 0.807. The van der Waals surface area contributed by atoms with Gasteiger partial charge < -0.3 is 5.73 Å². The van der Waals surface area contributed by atoms with Crippen molar-refractivity contribution < 1.29 is 0 Å². The summed E-state index contributed by atoms with van der Waals surface area (Å²) in [4.78, 5) is 4.64. The number of benzene rings is 2. The Morgan fingerprint density at radius 3 is 2.56 bits per heavy atom. The highest BCUT2D eigenvalue weighted by molar-refractivity contribution is 7.22. The molecule has 0 saturated heterocycles. The third-order valence-electron chi connectivity index (χ3n) is 3.05. The predicted octanol–water partition coefficient (Wildman–Crippen LogP) is 4.11. The van der Waals surface area contributed by atoms with Crippen LogP contribution in [0.4, 0.5) is 5.69 Å². The summed E-state index contributed by atoms with van der Waals surface area (Å²) in [5, 5.41) is 1.03. The first-order valence-corrected chi connectivity index (χ1v) is 6.84. The zero-order chi connectivity index (χ0) is 12.5. The number of aryl methyl sites for hydroxylation is 1. The van der Waals surface area contributed by atoms with E-state index in [1.807, 2.05) is 18.2 Å². The lowest BCUT2D eigenvalue weighted by molar-refractivity contribution is 1.14. The van der Waals surface area contributed by atoms with Crippen molar-refractivity contribution in [1.82, 2.24) is 4.98 Å². The van der Waals surface area contributed by atoms with Gasteiger partial charge in [0.1, 0.15) is 5.01 Å². The Labute approximate surface area is 110 Å². The van der Waals surface area contributed by atoms with Crippen LogP contribution in [0.3, 0.4) is 0 Å². The van der Waals surface area contributed by atoms with E-state index in [1.165, 1.54) is 5.56 Å². The lowest BCUT2D eigenvalue weighted by Crippen LogP contribution is -1.82. The average molecular weight is 254 g/mol. The number of nitrogens with two attached hydrogens (primary N) is 1. The van der Waals surface area contributed by atoms with Crippen molar-refractivity contribution in [3.8, 4) is 10.6 Å². The van der Waals surface area contributed by atoms with Gasteiger partial charge in [-0.3, -0.25) is 0 Å². The van der Waals surface area contributed by atoms with Crippen LogP contribution < -0.4 is 5.73 Å². The Morgan fingerprint density at radius 1 is 1.11 bits per heavy atom. The maximum absolute atomic E-state index is 5.96. The summed E-state index contributed by atoms with van der Waals surface area (Å²) >= 11 is 1.65. The second-order valence-corrected chi connectivity index (χ2v) is 5.26. The summed E-state index contributed by atoms with van der Waals surface area (Å²) in [5.74, 6) is 0. The highest BCUT2D eigenvalue weighted by Crippen LogP contribution is 2.33. The molecule has 0 aliphatic heterocycles. The molecule has 0 saturated carbocycles. The van der Waals surface area contributed by atoms with Crippen LogP contribution in [0.1, 0.15) is 12.5 Å². The van der Waals surface area contributed by atoms with E-state index in [4.69, 9.17) is 5.73 Å². The number of aromatic nitrogens is 1. The van der Waals surface area contributed by atoms with Crippen LogP contribution in [0.2, 0.25) is 0 Å². The molecule has 1 aromatic heterocycles. The summed E-state index contributed by atoms with van der Waals surface area (Å²) in [7, 11) is 0. The Balaban J connectivity index is 2.10. The molecule has 2 N–H and O–H groups in total. The number of hydrogen-bond acceptors (Lipinski definition) is 3. The number of nitrogens with zero attached hydrogens (tertiary/aromatic N) is 1.